The van der Waals surface area contributed by atoms with Gasteiger partial charge in [-0.05, 0) is 24.3 Å². The first kappa shape index (κ1) is 14.9. The number of hydrogen-bond acceptors (Lipinski definition) is 6. The molecule has 6 rings (SSSR count). The quantitative estimate of drug-likeness (QED) is 0.479. The number of oxazole rings is 2. The summed E-state index contributed by atoms with van der Waals surface area (Å²) in [6, 6.07) is 13.7. The van der Waals surface area contributed by atoms with Crippen molar-refractivity contribution in [3.05, 3.63) is 61.1 Å². The van der Waals surface area contributed by atoms with Crippen molar-refractivity contribution in [2.45, 2.75) is 0 Å². The van der Waals surface area contributed by atoms with Gasteiger partial charge in [0, 0.05) is 22.7 Å². The van der Waals surface area contributed by atoms with Gasteiger partial charge in [0.15, 0.2) is 5.58 Å². The Balaban J connectivity index is 1.71. The van der Waals surface area contributed by atoms with Gasteiger partial charge < -0.3 is 8.83 Å². The molecule has 0 unspecified atom stereocenters. The Kier molecular flexibility index (Phi) is 3.01. The average molecular weight is 368 g/mol. The van der Waals surface area contributed by atoms with Crippen LogP contribution in [0.25, 0.3) is 56.3 Å². The number of para-hydroxylation sites is 1. The highest BCUT2D eigenvalue weighted by molar-refractivity contribution is 6.06. The third-order valence-electron chi connectivity index (χ3n) is 4.67. The summed E-state index contributed by atoms with van der Waals surface area (Å²) in [5.74, 6) is 0.653. The van der Waals surface area contributed by atoms with Gasteiger partial charge in [-0.15, -0.1) is 0 Å². The van der Waals surface area contributed by atoms with Crippen LogP contribution in [0.3, 0.4) is 0 Å². The fourth-order valence-corrected chi connectivity index (χ4v) is 3.44. The van der Waals surface area contributed by atoms with E-state index in [0.717, 1.165) is 33.4 Å². The average Bonchev–Trinajstić information content (AvgIpc) is 3.53. The first-order valence-electron chi connectivity index (χ1n) is 8.65. The van der Waals surface area contributed by atoms with Gasteiger partial charge in [0.05, 0.1) is 17.4 Å². The molecule has 0 spiro atoms. The summed E-state index contributed by atoms with van der Waals surface area (Å²) >= 11 is 0. The Bertz CT molecular complexity index is 1410. The Hall–Kier alpha value is -4.20. The van der Waals surface area contributed by atoms with Gasteiger partial charge in [-0.1, -0.05) is 18.2 Å². The molecule has 0 saturated carbocycles. The van der Waals surface area contributed by atoms with E-state index >= 15 is 0 Å². The third-order valence-corrected chi connectivity index (χ3v) is 4.67. The Morgan fingerprint density at radius 1 is 0.893 bits per heavy atom. The molecule has 8 heteroatoms. The van der Waals surface area contributed by atoms with E-state index < -0.39 is 0 Å². The molecule has 8 nitrogen and oxygen atoms in total. The lowest BCUT2D eigenvalue weighted by Gasteiger charge is -2.07. The smallest absolute Gasteiger partial charge is 0.284 e. The highest BCUT2D eigenvalue weighted by atomic mass is 16.4. The second-order valence-corrected chi connectivity index (χ2v) is 6.28. The van der Waals surface area contributed by atoms with Crippen LogP contribution < -0.4 is 0 Å². The summed E-state index contributed by atoms with van der Waals surface area (Å²) in [5.41, 5.74) is 5.68. The van der Waals surface area contributed by atoms with Crippen molar-refractivity contribution >= 4 is 22.0 Å². The van der Waals surface area contributed by atoms with Gasteiger partial charge in [-0.2, -0.15) is 10.2 Å². The molecule has 0 amide bonds. The van der Waals surface area contributed by atoms with Gasteiger partial charge in [-0.3, -0.25) is 10.2 Å². The summed E-state index contributed by atoms with van der Waals surface area (Å²) in [7, 11) is 0. The van der Waals surface area contributed by atoms with Crippen LogP contribution in [0.4, 0.5) is 0 Å². The first-order chi connectivity index (χ1) is 13.9. The van der Waals surface area contributed by atoms with Crippen LogP contribution in [0, 0.1) is 0 Å². The Morgan fingerprint density at radius 2 is 1.86 bits per heavy atom. The number of aromatic amines is 2. The van der Waals surface area contributed by atoms with Gasteiger partial charge in [-0.25, -0.2) is 9.97 Å². The highest BCUT2D eigenvalue weighted by Crippen LogP contribution is 2.40. The van der Waals surface area contributed by atoms with Gasteiger partial charge in [0.2, 0.25) is 0 Å². The Labute approximate surface area is 157 Å². The molecule has 0 saturated heterocycles. The van der Waals surface area contributed by atoms with Crippen LogP contribution >= 0.6 is 0 Å². The molecule has 0 aliphatic carbocycles. The molecule has 0 radical (unpaired) electrons. The zero-order chi connectivity index (χ0) is 18.5. The number of nitrogens with one attached hydrogen (secondary N) is 2. The maximum atomic E-state index is 5.90. The zero-order valence-corrected chi connectivity index (χ0v) is 14.4. The topological polar surface area (TPSA) is 109 Å². The SMILES string of the molecule is c1ccc2c(-c3c(-c4ccn[nH]4)ccc4oc(-c5ncco5)nc34)n[nH]c2c1. The van der Waals surface area contributed by atoms with Crippen molar-refractivity contribution in [3.63, 3.8) is 0 Å². The third kappa shape index (κ3) is 2.11. The standard InChI is InChI=1S/C20H12N6O2/c1-2-4-13-12(3-1)17(26-25-13)16-11(14-7-8-22-24-14)5-6-15-18(16)23-20(28-15)19-21-9-10-27-19/h1-10H,(H,22,24)(H,25,26). The Morgan fingerprint density at radius 3 is 2.71 bits per heavy atom. The molecule has 2 N–H and O–H groups in total. The van der Waals surface area contributed by atoms with E-state index in [-0.39, 0.29) is 0 Å². The number of benzene rings is 2. The van der Waals surface area contributed by atoms with E-state index in [4.69, 9.17) is 8.83 Å². The summed E-state index contributed by atoms with van der Waals surface area (Å²) in [5, 5.41) is 15.8. The lowest BCUT2D eigenvalue weighted by atomic mass is 9.98. The zero-order valence-electron chi connectivity index (χ0n) is 14.4. The summed E-state index contributed by atoms with van der Waals surface area (Å²) in [6.45, 7) is 0. The second kappa shape index (κ2) is 5.65. The van der Waals surface area contributed by atoms with Crippen LogP contribution in [-0.4, -0.2) is 30.4 Å². The number of hydrogen-bond donors (Lipinski definition) is 2. The predicted octanol–water partition coefficient (Wildman–Crippen LogP) is 4.42. The first-order valence-corrected chi connectivity index (χ1v) is 8.65. The van der Waals surface area contributed by atoms with Gasteiger partial charge in [0.1, 0.15) is 17.5 Å². The van der Waals surface area contributed by atoms with Gasteiger partial charge >= 0.3 is 0 Å². The van der Waals surface area contributed by atoms with E-state index in [1.54, 1.807) is 12.4 Å². The van der Waals surface area contributed by atoms with E-state index in [2.05, 4.69) is 30.4 Å². The fraction of sp³-hybridized carbons (Fsp3) is 0. The molecule has 0 aliphatic rings. The van der Waals surface area contributed by atoms with Gasteiger partial charge in [0.25, 0.3) is 11.8 Å². The summed E-state index contributed by atoms with van der Waals surface area (Å²) in [4.78, 5) is 8.81. The minimum absolute atomic E-state index is 0.322. The van der Waals surface area contributed by atoms with E-state index in [1.165, 1.54) is 6.26 Å². The van der Waals surface area contributed by atoms with Crippen molar-refractivity contribution in [2.24, 2.45) is 0 Å². The van der Waals surface area contributed by atoms with Crippen molar-refractivity contribution in [2.75, 3.05) is 0 Å². The van der Waals surface area contributed by atoms with Crippen molar-refractivity contribution < 1.29 is 8.83 Å². The van der Waals surface area contributed by atoms with Crippen LogP contribution in [0.1, 0.15) is 0 Å². The maximum Gasteiger partial charge on any atom is 0.284 e. The number of aromatic nitrogens is 6. The second-order valence-electron chi connectivity index (χ2n) is 6.28. The fourth-order valence-electron chi connectivity index (χ4n) is 3.44. The maximum absolute atomic E-state index is 5.90. The molecule has 6 aromatic rings. The minimum atomic E-state index is 0.322. The van der Waals surface area contributed by atoms with Crippen LogP contribution in [0.2, 0.25) is 0 Å². The lowest BCUT2D eigenvalue weighted by Crippen LogP contribution is -1.89. The van der Waals surface area contributed by atoms with Crippen LogP contribution in [0.15, 0.2) is 70.0 Å². The van der Waals surface area contributed by atoms with E-state index in [0.29, 0.717) is 22.9 Å². The predicted molar refractivity (Wildman–Crippen MR) is 102 cm³/mol. The molecule has 0 bridgehead atoms. The molecular formula is C20H12N6O2. The molecule has 2 aromatic carbocycles. The number of nitrogens with zero attached hydrogens (tertiary/aromatic N) is 4. The monoisotopic (exact) mass is 368 g/mol. The van der Waals surface area contributed by atoms with Crippen molar-refractivity contribution in [3.8, 4) is 34.3 Å². The molecule has 4 aromatic heterocycles. The molecule has 134 valence electrons. The number of fused-ring (bicyclic) bond motifs is 2. The normalized spacial score (nSPS) is 11.6. The minimum Gasteiger partial charge on any atom is -0.441 e. The molecule has 28 heavy (non-hydrogen) atoms. The van der Waals surface area contributed by atoms with Crippen LogP contribution in [0.5, 0.6) is 0 Å². The van der Waals surface area contributed by atoms with E-state index in [1.807, 2.05) is 42.5 Å². The van der Waals surface area contributed by atoms with Crippen molar-refractivity contribution in [1.29, 1.82) is 0 Å². The summed E-state index contributed by atoms with van der Waals surface area (Å²) < 4.78 is 11.3. The van der Waals surface area contributed by atoms with Crippen molar-refractivity contribution in [1.82, 2.24) is 30.4 Å². The molecular weight excluding hydrogens is 356 g/mol. The molecule has 0 atom stereocenters. The van der Waals surface area contributed by atoms with E-state index in [9.17, 15) is 0 Å². The lowest BCUT2D eigenvalue weighted by molar-refractivity contribution is 0.526. The molecule has 0 aliphatic heterocycles. The number of rotatable bonds is 3. The largest absolute Gasteiger partial charge is 0.441 e. The highest BCUT2D eigenvalue weighted by Gasteiger charge is 2.22. The molecule has 0 fully saturated rings. The summed E-state index contributed by atoms with van der Waals surface area (Å²) in [6.07, 6.45) is 4.76. The molecule has 4 heterocycles. The number of H-pyrrole nitrogens is 2. The van der Waals surface area contributed by atoms with Crippen LogP contribution in [-0.2, 0) is 0 Å².